The molecular formula is C14H20BrNO3. The third-order valence-corrected chi connectivity index (χ3v) is 4.16. The molecule has 0 aromatic heterocycles. The van der Waals surface area contributed by atoms with Crippen molar-refractivity contribution in [2.75, 3.05) is 24.7 Å². The molecule has 0 saturated carbocycles. The van der Waals surface area contributed by atoms with Gasteiger partial charge in [-0.15, -0.1) is 0 Å². The molecule has 1 aliphatic rings. The molecule has 4 nitrogen and oxygen atoms in total. The molecule has 106 valence electrons. The van der Waals surface area contributed by atoms with Crippen LogP contribution in [0.4, 0.5) is 5.69 Å². The number of halogens is 1. The minimum absolute atomic E-state index is 0.0378. The van der Waals surface area contributed by atoms with E-state index in [-0.39, 0.29) is 18.8 Å². The monoisotopic (exact) mass is 329 g/mol. The zero-order valence-corrected chi connectivity index (χ0v) is 12.8. The molecule has 2 N–H and O–H groups in total. The molecule has 1 aromatic carbocycles. The Balaban J connectivity index is 2.23. The van der Waals surface area contributed by atoms with Crippen molar-refractivity contribution in [3.63, 3.8) is 0 Å². The zero-order chi connectivity index (χ0) is 14.0. The van der Waals surface area contributed by atoms with Crippen molar-refractivity contribution >= 4 is 21.6 Å². The maximum absolute atomic E-state index is 9.64. The first-order valence-corrected chi connectivity index (χ1v) is 7.28. The molecule has 2 unspecified atom stereocenters. The van der Waals surface area contributed by atoms with Gasteiger partial charge in [0.25, 0.3) is 0 Å². The summed E-state index contributed by atoms with van der Waals surface area (Å²) in [5.41, 5.74) is 1.95. The first-order chi connectivity index (χ1) is 9.02. The number of rotatable bonds is 3. The van der Waals surface area contributed by atoms with Crippen LogP contribution in [0, 0.1) is 0 Å². The first kappa shape index (κ1) is 14.8. The second-order valence-electron chi connectivity index (χ2n) is 5.02. The Labute approximate surface area is 122 Å². The van der Waals surface area contributed by atoms with Gasteiger partial charge < -0.3 is 19.8 Å². The Hall–Kier alpha value is -0.620. The molecule has 1 fully saturated rings. The van der Waals surface area contributed by atoms with E-state index in [0.29, 0.717) is 13.2 Å². The van der Waals surface area contributed by atoms with Gasteiger partial charge in [0.2, 0.25) is 0 Å². The van der Waals surface area contributed by atoms with Gasteiger partial charge in [-0.25, -0.2) is 0 Å². The minimum atomic E-state index is -0.490. The van der Waals surface area contributed by atoms with Crippen LogP contribution in [-0.2, 0) is 4.74 Å². The second-order valence-corrected chi connectivity index (χ2v) is 5.88. The van der Waals surface area contributed by atoms with E-state index in [9.17, 15) is 10.2 Å². The van der Waals surface area contributed by atoms with Crippen molar-refractivity contribution in [1.29, 1.82) is 0 Å². The van der Waals surface area contributed by atoms with E-state index in [0.717, 1.165) is 15.7 Å². The lowest BCUT2D eigenvalue weighted by Gasteiger charge is -2.39. The lowest BCUT2D eigenvalue weighted by molar-refractivity contribution is -0.0103. The SMILES string of the molecule is CC1COC(CO)CN1c1ccc([C@H](C)O)c(Br)c1. The topological polar surface area (TPSA) is 52.9 Å². The molecule has 19 heavy (non-hydrogen) atoms. The van der Waals surface area contributed by atoms with Crippen molar-refractivity contribution in [2.24, 2.45) is 0 Å². The molecule has 1 saturated heterocycles. The third-order valence-electron chi connectivity index (χ3n) is 3.47. The minimum Gasteiger partial charge on any atom is -0.394 e. The quantitative estimate of drug-likeness (QED) is 0.891. The molecule has 3 atom stereocenters. The summed E-state index contributed by atoms with van der Waals surface area (Å²) < 4.78 is 6.44. The van der Waals surface area contributed by atoms with Crippen LogP contribution in [0.1, 0.15) is 25.5 Å². The average Bonchev–Trinajstić information content (AvgIpc) is 2.38. The fourth-order valence-corrected chi connectivity index (χ4v) is 3.02. The fraction of sp³-hybridized carbons (Fsp3) is 0.571. The van der Waals surface area contributed by atoms with E-state index < -0.39 is 6.10 Å². The standard InChI is InChI=1S/C14H20BrNO3/c1-9-8-19-12(7-17)6-16(9)11-3-4-13(10(2)18)14(15)5-11/h3-5,9-10,12,17-18H,6-8H2,1-2H3/t9?,10-,12?/m0/s1. The highest BCUT2D eigenvalue weighted by atomic mass is 79.9. The summed E-state index contributed by atoms with van der Waals surface area (Å²) in [5, 5.41) is 18.9. The van der Waals surface area contributed by atoms with Gasteiger partial charge in [-0.05, 0) is 31.5 Å². The summed E-state index contributed by atoms with van der Waals surface area (Å²) in [7, 11) is 0. The number of nitrogens with zero attached hydrogens (tertiary/aromatic N) is 1. The highest BCUT2D eigenvalue weighted by molar-refractivity contribution is 9.10. The van der Waals surface area contributed by atoms with E-state index in [2.05, 4.69) is 27.8 Å². The smallest absolute Gasteiger partial charge is 0.0981 e. The number of benzene rings is 1. The van der Waals surface area contributed by atoms with Gasteiger partial charge in [0.05, 0.1) is 25.4 Å². The molecule has 5 heteroatoms. The third kappa shape index (κ3) is 3.28. The number of ether oxygens (including phenoxy) is 1. The molecule has 1 aromatic rings. The number of aliphatic hydroxyl groups is 2. The van der Waals surface area contributed by atoms with Crippen molar-refractivity contribution in [2.45, 2.75) is 32.1 Å². The number of aliphatic hydroxyl groups excluding tert-OH is 2. The van der Waals surface area contributed by atoms with E-state index in [1.54, 1.807) is 6.92 Å². The summed E-state index contributed by atoms with van der Waals surface area (Å²) in [6, 6.07) is 6.22. The summed E-state index contributed by atoms with van der Waals surface area (Å²) in [5.74, 6) is 0. The summed E-state index contributed by atoms with van der Waals surface area (Å²) in [6.45, 7) is 5.18. The normalized spacial score (nSPS) is 25.4. The highest BCUT2D eigenvalue weighted by Gasteiger charge is 2.26. The van der Waals surface area contributed by atoms with Crippen molar-refractivity contribution in [1.82, 2.24) is 0 Å². The van der Waals surface area contributed by atoms with Crippen molar-refractivity contribution in [3.05, 3.63) is 28.2 Å². The van der Waals surface area contributed by atoms with Gasteiger partial charge in [0, 0.05) is 22.7 Å². The van der Waals surface area contributed by atoms with Crippen LogP contribution >= 0.6 is 15.9 Å². The second kappa shape index (κ2) is 6.22. The van der Waals surface area contributed by atoms with Crippen LogP contribution < -0.4 is 4.90 Å². The molecule has 0 bridgehead atoms. The van der Waals surface area contributed by atoms with Crippen LogP contribution in [0.15, 0.2) is 22.7 Å². The predicted octanol–water partition coefficient (Wildman–Crippen LogP) is 2.09. The molecular weight excluding hydrogens is 310 g/mol. The highest BCUT2D eigenvalue weighted by Crippen LogP contribution is 2.30. The van der Waals surface area contributed by atoms with Gasteiger partial charge in [-0.2, -0.15) is 0 Å². The molecule has 0 aliphatic carbocycles. The first-order valence-electron chi connectivity index (χ1n) is 6.49. The Morgan fingerprint density at radius 2 is 2.26 bits per heavy atom. The number of hydrogen-bond donors (Lipinski definition) is 2. The molecule has 1 aliphatic heterocycles. The summed E-state index contributed by atoms with van der Waals surface area (Å²) >= 11 is 3.50. The lowest BCUT2D eigenvalue weighted by atomic mass is 10.1. The molecule has 1 heterocycles. The summed E-state index contributed by atoms with van der Waals surface area (Å²) in [4.78, 5) is 2.22. The van der Waals surface area contributed by atoms with Crippen LogP contribution in [0.25, 0.3) is 0 Å². The number of anilines is 1. The Morgan fingerprint density at radius 1 is 1.53 bits per heavy atom. The Morgan fingerprint density at radius 3 is 2.84 bits per heavy atom. The van der Waals surface area contributed by atoms with Gasteiger partial charge in [-0.1, -0.05) is 22.0 Å². The number of morpholine rings is 1. The largest absolute Gasteiger partial charge is 0.394 e. The van der Waals surface area contributed by atoms with Crippen LogP contribution in [0.2, 0.25) is 0 Å². The Bertz CT molecular complexity index is 439. The predicted molar refractivity (Wildman–Crippen MR) is 78.4 cm³/mol. The number of hydrogen-bond acceptors (Lipinski definition) is 4. The average molecular weight is 330 g/mol. The van der Waals surface area contributed by atoms with Gasteiger partial charge in [0.1, 0.15) is 0 Å². The Kier molecular flexibility index (Phi) is 4.84. The van der Waals surface area contributed by atoms with E-state index in [1.165, 1.54) is 0 Å². The maximum atomic E-state index is 9.64. The molecule has 0 amide bonds. The van der Waals surface area contributed by atoms with E-state index >= 15 is 0 Å². The van der Waals surface area contributed by atoms with Crippen LogP contribution in [-0.4, -0.2) is 42.1 Å². The molecule has 2 rings (SSSR count). The van der Waals surface area contributed by atoms with Crippen LogP contribution in [0.5, 0.6) is 0 Å². The van der Waals surface area contributed by atoms with Gasteiger partial charge >= 0.3 is 0 Å². The molecule has 0 spiro atoms. The van der Waals surface area contributed by atoms with Gasteiger partial charge in [-0.3, -0.25) is 0 Å². The van der Waals surface area contributed by atoms with Crippen molar-refractivity contribution < 1.29 is 14.9 Å². The van der Waals surface area contributed by atoms with Gasteiger partial charge in [0.15, 0.2) is 0 Å². The van der Waals surface area contributed by atoms with Crippen LogP contribution in [0.3, 0.4) is 0 Å². The molecule has 0 radical (unpaired) electrons. The summed E-state index contributed by atoms with van der Waals surface area (Å²) in [6.07, 6.45) is -0.623. The van der Waals surface area contributed by atoms with E-state index in [1.807, 2.05) is 18.2 Å². The van der Waals surface area contributed by atoms with Crippen molar-refractivity contribution in [3.8, 4) is 0 Å². The zero-order valence-electron chi connectivity index (χ0n) is 11.2. The fourth-order valence-electron chi connectivity index (χ4n) is 2.32. The lowest BCUT2D eigenvalue weighted by Crippen LogP contribution is -2.49. The maximum Gasteiger partial charge on any atom is 0.0981 e. The van der Waals surface area contributed by atoms with E-state index in [4.69, 9.17) is 4.74 Å².